The molecule has 0 bridgehead atoms. The molecular formula is C20H25N5O2. The molecule has 7 nitrogen and oxygen atoms in total. The molecule has 0 radical (unpaired) electrons. The molecular weight excluding hydrogens is 342 g/mol. The molecule has 0 saturated carbocycles. The molecule has 2 aromatic rings. The topological polar surface area (TPSA) is 61.7 Å². The van der Waals surface area contributed by atoms with Gasteiger partial charge in [0.1, 0.15) is 0 Å². The number of amides is 2. The van der Waals surface area contributed by atoms with Crippen LogP contribution in [0.3, 0.4) is 0 Å². The summed E-state index contributed by atoms with van der Waals surface area (Å²) in [5.41, 5.74) is 2.37. The first kappa shape index (κ1) is 17.7. The minimum absolute atomic E-state index is 0.00284. The maximum Gasteiger partial charge on any atom is 0.254 e. The summed E-state index contributed by atoms with van der Waals surface area (Å²) in [5, 5.41) is 0. The van der Waals surface area contributed by atoms with Gasteiger partial charge in [-0.3, -0.25) is 9.59 Å². The van der Waals surface area contributed by atoms with E-state index in [1.165, 1.54) is 0 Å². The number of imidazole rings is 1. The van der Waals surface area contributed by atoms with Gasteiger partial charge in [0.15, 0.2) is 6.04 Å². The van der Waals surface area contributed by atoms with E-state index < -0.39 is 6.04 Å². The van der Waals surface area contributed by atoms with E-state index in [1.807, 2.05) is 34.7 Å². The van der Waals surface area contributed by atoms with E-state index in [4.69, 9.17) is 0 Å². The Bertz CT molecular complexity index is 839. The van der Waals surface area contributed by atoms with Crippen LogP contribution >= 0.6 is 0 Å². The second kappa shape index (κ2) is 7.15. The summed E-state index contributed by atoms with van der Waals surface area (Å²) in [4.78, 5) is 37.0. The van der Waals surface area contributed by atoms with Gasteiger partial charge < -0.3 is 19.3 Å². The molecule has 1 aromatic heterocycles. The number of fused-ring (bicyclic) bond motifs is 1. The minimum Gasteiger partial charge on any atom is -0.338 e. The van der Waals surface area contributed by atoms with Crippen molar-refractivity contribution in [3.8, 4) is 0 Å². The number of aromatic nitrogens is 2. The average molecular weight is 367 g/mol. The molecule has 7 heteroatoms. The number of hydrogen-bond donors (Lipinski definition) is 0. The van der Waals surface area contributed by atoms with Gasteiger partial charge in [0.05, 0.1) is 17.7 Å². The van der Waals surface area contributed by atoms with Crippen molar-refractivity contribution in [3.63, 3.8) is 0 Å². The molecule has 4 rings (SSSR count). The molecule has 1 saturated heterocycles. The van der Waals surface area contributed by atoms with Gasteiger partial charge in [-0.05, 0) is 19.2 Å². The second-order valence-electron chi connectivity index (χ2n) is 7.33. The average Bonchev–Trinajstić information content (AvgIpc) is 3.08. The highest BCUT2D eigenvalue weighted by Crippen LogP contribution is 2.32. The number of rotatable bonds is 2. The summed E-state index contributed by atoms with van der Waals surface area (Å²) < 4.78 is 1.89. The van der Waals surface area contributed by atoms with Gasteiger partial charge in [-0.15, -0.1) is 0 Å². The fourth-order valence-electron chi connectivity index (χ4n) is 3.95. The lowest BCUT2D eigenvalue weighted by Crippen LogP contribution is -2.53. The zero-order chi connectivity index (χ0) is 19.0. The van der Waals surface area contributed by atoms with Crippen molar-refractivity contribution < 1.29 is 9.59 Å². The lowest BCUT2D eigenvalue weighted by Gasteiger charge is -2.40. The number of aryl methyl sites for hydroxylation is 1. The van der Waals surface area contributed by atoms with Crippen molar-refractivity contribution in [1.29, 1.82) is 0 Å². The summed E-state index contributed by atoms with van der Waals surface area (Å²) in [5.74, 6) is -0.105. The van der Waals surface area contributed by atoms with E-state index >= 15 is 0 Å². The Labute approximate surface area is 159 Å². The number of hydrogen-bond acceptors (Lipinski definition) is 4. The summed E-state index contributed by atoms with van der Waals surface area (Å²) in [7, 11) is 3.96. The van der Waals surface area contributed by atoms with Gasteiger partial charge >= 0.3 is 0 Å². The van der Waals surface area contributed by atoms with Crippen LogP contribution < -0.4 is 0 Å². The van der Waals surface area contributed by atoms with Gasteiger partial charge in [0.2, 0.25) is 0 Å². The predicted octanol–water partition coefficient (Wildman–Crippen LogP) is 0.934. The minimum atomic E-state index is -0.614. The van der Waals surface area contributed by atoms with Crippen molar-refractivity contribution in [2.75, 3.05) is 39.8 Å². The van der Waals surface area contributed by atoms with Crippen LogP contribution in [0.1, 0.15) is 27.8 Å². The lowest BCUT2D eigenvalue weighted by molar-refractivity contribution is -0.138. The fourth-order valence-corrected chi connectivity index (χ4v) is 3.95. The highest BCUT2D eigenvalue weighted by Gasteiger charge is 2.41. The van der Waals surface area contributed by atoms with Crippen LogP contribution in [-0.4, -0.2) is 75.8 Å². The summed E-state index contributed by atoms with van der Waals surface area (Å²) in [6, 6.07) is 8.58. The molecule has 1 unspecified atom stereocenters. The number of carbonyl (C=O) groups excluding carboxylic acids is 2. The Morgan fingerprint density at radius 2 is 1.70 bits per heavy atom. The van der Waals surface area contributed by atoms with Crippen molar-refractivity contribution in [3.05, 3.63) is 53.6 Å². The third-order valence-electron chi connectivity index (χ3n) is 5.55. The maximum atomic E-state index is 13.5. The van der Waals surface area contributed by atoms with Crippen LogP contribution in [0.2, 0.25) is 0 Å². The zero-order valence-electron chi connectivity index (χ0n) is 15.8. The lowest BCUT2D eigenvalue weighted by atomic mass is 9.99. The number of nitrogens with zero attached hydrogens (tertiary/aromatic N) is 5. The van der Waals surface area contributed by atoms with E-state index in [0.717, 1.165) is 24.5 Å². The Morgan fingerprint density at radius 3 is 2.41 bits per heavy atom. The van der Waals surface area contributed by atoms with Crippen molar-refractivity contribution in [1.82, 2.24) is 24.3 Å². The van der Waals surface area contributed by atoms with E-state index in [-0.39, 0.29) is 11.8 Å². The van der Waals surface area contributed by atoms with Crippen molar-refractivity contribution >= 4 is 11.8 Å². The quantitative estimate of drug-likeness (QED) is 0.792. The first-order valence-corrected chi connectivity index (χ1v) is 9.39. The third kappa shape index (κ3) is 3.23. The molecule has 27 heavy (non-hydrogen) atoms. The zero-order valence-corrected chi connectivity index (χ0v) is 15.8. The summed E-state index contributed by atoms with van der Waals surface area (Å²) in [6.45, 7) is 3.58. The van der Waals surface area contributed by atoms with Gasteiger partial charge in [0, 0.05) is 51.8 Å². The van der Waals surface area contributed by atoms with Gasteiger partial charge in [-0.1, -0.05) is 18.2 Å². The van der Waals surface area contributed by atoms with Crippen LogP contribution in [0.15, 0.2) is 36.7 Å². The first-order chi connectivity index (χ1) is 13.1. The monoisotopic (exact) mass is 367 g/mol. The number of likely N-dealkylation sites (N-methyl/N-ethyl adjacent to an activating group) is 1. The van der Waals surface area contributed by atoms with E-state index in [9.17, 15) is 9.59 Å². The number of carbonyl (C=O) groups is 2. The van der Waals surface area contributed by atoms with Crippen LogP contribution in [0, 0.1) is 0 Å². The Balaban J connectivity index is 1.69. The van der Waals surface area contributed by atoms with E-state index in [1.54, 1.807) is 23.4 Å². The standard InChI is InChI=1S/C20H25N5O2/c1-22-10-12-24(13-11-22)20(27)18-17-16(21-14-23(17)2)8-9-25(18)19(26)15-6-4-3-5-7-15/h3-7,14,18H,8-13H2,1-2H3. The molecule has 2 amide bonds. The van der Waals surface area contributed by atoms with Crippen LogP contribution in [0.5, 0.6) is 0 Å². The van der Waals surface area contributed by atoms with Crippen LogP contribution in [0.4, 0.5) is 0 Å². The predicted molar refractivity (Wildman–Crippen MR) is 101 cm³/mol. The SMILES string of the molecule is CN1CCN(C(=O)C2c3c(ncn3C)CCN2C(=O)c2ccccc2)CC1. The highest BCUT2D eigenvalue weighted by molar-refractivity contribution is 5.98. The fraction of sp³-hybridized carbons (Fsp3) is 0.450. The molecule has 0 aliphatic carbocycles. The Hall–Kier alpha value is -2.67. The molecule has 2 aliphatic rings. The van der Waals surface area contributed by atoms with Gasteiger partial charge in [0.25, 0.3) is 11.8 Å². The molecule has 3 heterocycles. The van der Waals surface area contributed by atoms with Crippen LogP contribution in [-0.2, 0) is 18.3 Å². The van der Waals surface area contributed by atoms with E-state index in [2.05, 4.69) is 16.9 Å². The Morgan fingerprint density at radius 1 is 1.00 bits per heavy atom. The molecule has 142 valence electrons. The van der Waals surface area contributed by atoms with Crippen molar-refractivity contribution in [2.45, 2.75) is 12.5 Å². The van der Waals surface area contributed by atoms with Gasteiger partial charge in [-0.2, -0.15) is 0 Å². The number of piperazine rings is 1. The normalized spacial score (nSPS) is 20.4. The second-order valence-corrected chi connectivity index (χ2v) is 7.33. The molecule has 0 spiro atoms. The molecule has 0 N–H and O–H groups in total. The smallest absolute Gasteiger partial charge is 0.254 e. The molecule has 1 aromatic carbocycles. The molecule has 2 aliphatic heterocycles. The van der Waals surface area contributed by atoms with Crippen molar-refractivity contribution in [2.24, 2.45) is 7.05 Å². The van der Waals surface area contributed by atoms with E-state index in [0.29, 0.717) is 31.6 Å². The van der Waals surface area contributed by atoms with Crippen LogP contribution in [0.25, 0.3) is 0 Å². The summed E-state index contributed by atoms with van der Waals surface area (Å²) in [6.07, 6.45) is 2.41. The third-order valence-corrected chi connectivity index (χ3v) is 5.55. The van der Waals surface area contributed by atoms with Gasteiger partial charge in [-0.25, -0.2) is 4.98 Å². The highest BCUT2D eigenvalue weighted by atomic mass is 16.2. The number of benzene rings is 1. The molecule has 1 fully saturated rings. The molecule has 1 atom stereocenters. The Kier molecular flexibility index (Phi) is 4.70. The maximum absolute atomic E-state index is 13.5. The summed E-state index contributed by atoms with van der Waals surface area (Å²) >= 11 is 0. The largest absolute Gasteiger partial charge is 0.338 e. The first-order valence-electron chi connectivity index (χ1n) is 9.39.